The average molecular weight is 412 g/mol. The Morgan fingerprint density at radius 2 is 2.07 bits per heavy atom. The number of carboxylic acid groups (broad SMARTS) is 1. The van der Waals surface area contributed by atoms with Crippen molar-refractivity contribution < 1.29 is 19.5 Å². The number of nitrogens with one attached hydrogen (secondary N) is 3. The lowest BCUT2D eigenvalue weighted by Crippen LogP contribution is -2.50. The first-order valence-corrected chi connectivity index (χ1v) is 9.85. The number of amides is 1. The van der Waals surface area contributed by atoms with E-state index in [-0.39, 0.29) is 5.91 Å². The number of fused-ring (bicyclic) bond motifs is 1. The number of carbonyl (C=O) groups is 2. The van der Waals surface area contributed by atoms with Crippen molar-refractivity contribution in [1.29, 1.82) is 0 Å². The number of hydroxylamine groups is 1. The lowest BCUT2D eigenvalue weighted by Gasteiger charge is -2.42. The Labute approximate surface area is 170 Å². The Balaban J connectivity index is 1.96. The number of carbonyl (C=O) groups excluding carboxylic acids is 1. The summed E-state index contributed by atoms with van der Waals surface area (Å²) >= 11 is 0. The van der Waals surface area contributed by atoms with Crippen LogP contribution in [0.2, 0.25) is 0 Å². The first-order chi connectivity index (χ1) is 13.8. The van der Waals surface area contributed by atoms with Gasteiger partial charge in [-0.25, -0.2) is 5.84 Å². The molecule has 0 radical (unpaired) electrons. The summed E-state index contributed by atoms with van der Waals surface area (Å²) in [6.07, 6.45) is 3.76. The van der Waals surface area contributed by atoms with Gasteiger partial charge in [-0.2, -0.15) is 10.6 Å². The molecule has 1 heterocycles. The molecule has 2 aliphatic rings. The predicted molar refractivity (Wildman–Crippen MR) is 108 cm³/mol. The molecule has 1 saturated heterocycles. The van der Waals surface area contributed by atoms with E-state index < -0.39 is 12.0 Å². The van der Waals surface area contributed by atoms with Gasteiger partial charge >= 0.3 is 5.97 Å². The summed E-state index contributed by atoms with van der Waals surface area (Å²) in [6, 6.07) is -0.464. The van der Waals surface area contributed by atoms with Crippen LogP contribution in [0.15, 0.2) is 17.4 Å². The fraction of sp³-hybridized carbons (Fsp3) is 0.722. The zero-order valence-electron chi connectivity index (χ0n) is 16.9. The maximum absolute atomic E-state index is 11.3. The molecule has 0 aromatic carbocycles. The van der Waals surface area contributed by atoms with Gasteiger partial charge < -0.3 is 26.5 Å². The normalized spacial score (nSPS) is 27.1. The molecule has 4 unspecified atom stereocenters. The molecule has 2 rings (SSSR count). The van der Waals surface area contributed by atoms with Gasteiger partial charge in [-0.1, -0.05) is 6.58 Å². The molecule has 1 amide bonds. The second kappa shape index (κ2) is 11.0. The third kappa shape index (κ3) is 7.18. The smallest absolute Gasteiger partial charge is 0.320 e. The van der Waals surface area contributed by atoms with Crippen LogP contribution in [-0.4, -0.2) is 59.9 Å². The van der Waals surface area contributed by atoms with Gasteiger partial charge in [-0.15, -0.1) is 0 Å². The molecule has 0 aromatic heterocycles. The molecular weight excluding hydrogens is 378 g/mol. The quantitative estimate of drug-likeness (QED) is 0.0924. The molecule has 1 saturated carbocycles. The lowest BCUT2D eigenvalue weighted by atomic mass is 9.69. The minimum atomic E-state index is -0.781. The summed E-state index contributed by atoms with van der Waals surface area (Å²) in [5, 5.41) is 16.1. The van der Waals surface area contributed by atoms with Crippen LogP contribution in [0.1, 0.15) is 32.6 Å². The summed E-state index contributed by atoms with van der Waals surface area (Å²) in [5.74, 6) is 11.9. The van der Waals surface area contributed by atoms with Crippen LogP contribution in [0.4, 0.5) is 0 Å². The van der Waals surface area contributed by atoms with Crippen molar-refractivity contribution in [3.63, 3.8) is 0 Å². The van der Waals surface area contributed by atoms with Crippen LogP contribution in [0.25, 0.3) is 0 Å². The van der Waals surface area contributed by atoms with Crippen molar-refractivity contribution in [2.75, 3.05) is 26.2 Å². The number of piperidine rings is 1. The maximum Gasteiger partial charge on any atom is 0.320 e. The fourth-order valence-corrected chi connectivity index (χ4v) is 4.33. The van der Waals surface area contributed by atoms with E-state index in [2.05, 4.69) is 32.8 Å². The first kappa shape index (κ1) is 22.9. The molecular formula is C18H33N7O4. The van der Waals surface area contributed by atoms with Gasteiger partial charge in [0, 0.05) is 13.5 Å². The van der Waals surface area contributed by atoms with E-state index in [1.165, 1.54) is 6.92 Å². The highest BCUT2D eigenvalue weighted by Gasteiger charge is 2.38. The highest BCUT2D eigenvalue weighted by Crippen LogP contribution is 2.38. The second-order valence-corrected chi connectivity index (χ2v) is 7.92. The largest absolute Gasteiger partial charge is 0.480 e. The Morgan fingerprint density at radius 1 is 1.31 bits per heavy atom. The maximum atomic E-state index is 11.3. The van der Waals surface area contributed by atoms with E-state index in [9.17, 15) is 14.7 Å². The summed E-state index contributed by atoms with van der Waals surface area (Å²) in [7, 11) is 0. The molecule has 164 valence electrons. The number of aliphatic carboxylic acids is 1. The molecule has 29 heavy (non-hydrogen) atoms. The van der Waals surface area contributed by atoms with E-state index >= 15 is 0 Å². The van der Waals surface area contributed by atoms with Gasteiger partial charge in [0.15, 0.2) is 0 Å². The summed E-state index contributed by atoms with van der Waals surface area (Å²) in [5.41, 5.74) is 4.74. The van der Waals surface area contributed by atoms with Gasteiger partial charge in [-0.3, -0.25) is 14.5 Å². The zero-order valence-corrected chi connectivity index (χ0v) is 16.9. The van der Waals surface area contributed by atoms with Crippen LogP contribution < -0.4 is 27.9 Å². The number of hydrogen-bond donors (Lipinski definition) is 6. The molecule has 0 bridgehead atoms. The molecule has 0 spiro atoms. The van der Waals surface area contributed by atoms with Crippen LogP contribution >= 0.6 is 0 Å². The second-order valence-electron chi connectivity index (χ2n) is 7.92. The highest BCUT2D eigenvalue weighted by molar-refractivity contribution is 5.83. The average Bonchev–Trinajstić information content (AvgIpc) is 2.69. The topological polar surface area (TPSA) is 167 Å². The molecule has 1 aliphatic carbocycles. The third-order valence-corrected chi connectivity index (χ3v) is 5.66. The monoisotopic (exact) mass is 411 g/mol. The molecule has 0 aromatic rings. The number of amidine groups is 1. The minimum absolute atomic E-state index is 0.317. The molecule has 8 N–H and O–H groups in total. The van der Waals surface area contributed by atoms with Gasteiger partial charge in [0.05, 0.1) is 13.1 Å². The van der Waals surface area contributed by atoms with E-state index in [0.29, 0.717) is 48.9 Å². The number of rotatable bonds is 9. The summed E-state index contributed by atoms with van der Waals surface area (Å²) < 4.78 is 0. The van der Waals surface area contributed by atoms with Gasteiger partial charge in [-0.05, 0) is 50.0 Å². The number of hydrazone groups is 1. The molecule has 11 heteroatoms. The van der Waals surface area contributed by atoms with E-state index in [0.717, 1.165) is 32.4 Å². The van der Waals surface area contributed by atoms with Crippen molar-refractivity contribution in [3.8, 4) is 0 Å². The zero-order chi connectivity index (χ0) is 21.4. The van der Waals surface area contributed by atoms with Crippen molar-refractivity contribution in [1.82, 2.24) is 21.1 Å². The predicted octanol–water partition coefficient (Wildman–Crippen LogP) is -0.916. The number of hydrazine groups is 1. The van der Waals surface area contributed by atoms with Crippen LogP contribution in [-0.2, 0) is 14.4 Å². The molecule has 1 aliphatic heterocycles. The van der Waals surface area contributed by atoms with Crippen LogP contribution in [0, 0.1) is 17.8 Å². The lowest BCUT2D eigenvalue weighted by molar-refractivity contribution is -0.141. The molecule has 4 atom stereocenters. The van der Waals surface area contributed by atoms with E-state index in [4.69, 9.17) is 16.5 Å². The van der Waals surface area contributed by atoms with Crippen molar-refractivity contribution >= 4 is 17.7 Å². The van der Waals surface area contributed by atoms with E-state index in [1.54, 1.807) is 0 Å². The first-order valence-electron chi connectivity index (χ1n) is 9.85. The summed E-state index contributed by atoms with van der Waals surface area (Å²) in [4.78, 5) is 29.6. The van der Waals surface area contributed by atoms with Gasteiger partial charge in [0.1, 0.15) is 17.6 Å². The van der Waals surface area contributed by atoms with Crippen molar-refractivity contribution in [2.24, 2.45) is 34.5 Å². The molecule has 11 nitrogen and oxygen atoms in total. The van der Waals surface area contributed by atoms with Crippen molar-refractivity contribution in [2.45, 2.75) is 38.6 Å². The highest BCUT2D eigenvalue weighted by atomic mass is 16.7. The van der Waals surface area contributed by atoms with E-state index in [1.807, 2.05) is 0 Å². The van der Waals surface area contributed by atoms with Crippen molar-refractivity contribution in [3.05, 3.63) is 12.3 Å². The van der Waals surface area contributed by atoms with Crippen LogP contribution in [0.3, 0.4) is 0 Å². The van der Waals surface area contributed by atoms with Gasteiger partial charge in [0.25, 0.3) is 0 Å². The SMILES string of the molecule is C=C(CN(C/C(=N/N)NN)CC1CCC2CNC(C(=O)O)CC2C1)ONC(C)=O. The number of nitrogens with zero attached hydrogens (tertiary/aromatic N) is 2. The molecule has 2 fully saturated rings. The van der Waals surface area contributed by atoms with Gasteiger partial charge in [0.2, 0.25) is 5.91 Å². The summed E-state index contributed by atoms with van der Waals surface area (Å²) in [6.45, 7) is 7.43. The number of nitrogens with two attached hydrogens (primary N) is 2. The Morgan fingerprint density at radius 3 is 2.69 bits per heavy atom. The Bertz CT molecular complexity index is 627. The number of carboxylic acids is 1. The number of hydrogen-bond acceptors (Lipinski definition) is 8. The third-order valence-electron chi connectivity index (χ3n) is 5.66. The minimum Gasteiger partial charge on any atom is -0.480 e. The Kier molecular flexibility index (Phi) is 8.68. The standard InChI is InChI=1S/C18H33N7O4/c1-11(29-24-12(2)26)8-25(10-17(22-19)23-20)9-13-3-4-14-7-21-16(18(27)28)6-15(14)5-13/h13-16,21H,1,3-10,19-20H2,2H3,(H,22,23)(H,24,26)(H,27,28). The van der Waals surface area contributed by atoms with Crippen LogP contribution in [0.5, 0.6) is 0 Å². The Hall–Kier alpha value is -2.37. The fourth-order valence-electron chi connectivity index (χ4n) is 4.33.